The molecule has 1 aliphatic rings. The van der Waals surface area contributed by atoms with E-state index in [-0.39, 0.29) is 5.91 Å². The number of carbonyl (C=O) groups excluding carboxylic acids is 2. The molecule has 0 fully saturated rings. The van der Waals surface area contributed by atoms with Gasteiger partial charge in [0.15, 0.2) is 0 Å². The Kier molecular flexibility index (Phi) is 5.90. The SMILES string of the molecule is Cc1ccccc1CN1CCc2c(sc(NC(=O)c3ccccc3Cl)c2C(N)=O)C1. The molecule has 0 bridgehead atoms. The Morgan fingerprint density at radius 3 is 2.63 bits per heavy atom. The smallest absolute Gasteiger partial charge is 0.257 e. The first-order valence-corrected chi connectivity index (χ1v) is 10.9. The lowest BCUT2D eigenvalue weighted by atomic mass is 10.0. The molecule has 1 aliphatic heterocycles. The Hall–Kier alpha value is -2.67. The van der Waals surface area contributed by atoms with Gasteiger partial charge in [0, 0.05) is 24.5 Å². The maximum absolute atomic E-state index is 12.7. The largest absolute Gasteiger partial charge is 0.365 e. The molecule has 30 heavy (non-hydrogen) atoms. The number of primary amides is 1. The minimum atomic E-state index is -0.519. The van der Waals surface area contributed by atoms with Crippen LogP contribution in [0.1, 0.15) is 42.3 Å². The van der Waals surface area contributed by atoms with Crippen molar-refractivity contribution in [3.8, 4) is 0 Å². The Balaban J connectivity index is 1.58. The number of hydrogen-bond acceptors (Lipinski definition) is 4. The minimum absolute atomic E-state index is 0.349. The first-order valence-electron chi connectivity index (χ1n) is 9.71. The van der Waals surface area contributed by atoms with Gasteiger partial charge < -0.3 is 11.1 Å². The molecule has 3 N–H and O–H groups in total. The van der Waals surface area contributed by atoms with Gasteiger partial charge in [0.2, 0.25) is 0 Å². The zero-order valence-corrected chi connectivity index (χ0v) is 18.1. The molecule has 2 heterocycles. The lowest BCUT2D eigenvalue weighted by molar-refractivity contribution is 0.0999. The molecular weight excluding hydrogens is 418 g/mol. The number of carbonyl (C=O) groups is 2. The number of nitrogens with zero attached hydrogens (tertiary/aromatic N) is 1. The second-order valence-corrected chi connectivity index (χ2v) is 8.91. The van der Waals surface area contributed by atoms with E-state index in [0.29, 0.717) is 21.2 Å². The number of aryl methyl sites for hydroxylation is 1. The third-order valence-electron chi connectivity index (χ3n) is 5.38. The number of nitrogens with two attached hydrogens (primary N) is 1. The maximum atomic E-state index is 12.7. The summed E-state index contributed by atoms with van der Waals surface area (Å²) in [6, 6.07) is 15.2. The van der Waals surface area contributed by atoms with Crippen molar-refractivity contribution in [2.45, 2.75) is 26.4 Å². The van der Waals surface area contributed by atoms with Crippen molar-refractivity contribution in [2.75, 3.05) is 11.9 Å². The summed E-state index contributed by atoms with van der Waals surface area (Å²) >= 11 is 7.56. The van der Waals surface area contributed by atoms with Crippen molar-refractivity contribution in [1.82, 2.24) is 4.90 Å². The number of amides is 2. The highest BCUT2D eigenvalue weighted by molar-refractivity contribution is 7.17. The van der Waals surface area contributed by atoms with Crippen molar-refractivity contribution < 1.29 is 9.59 Å². The molecule has 2 amide bonds. The average Bonchev–Trinajstić information content (AvgIpc) is 3.07. The van der Waals surface area contributed by atoms with Gasteiger partial charge in [0.25, 0.3) is 11.8 Å². The minimum Gasteiger partial charge on any atom is -0.365 e. The fourth-order valence-electron chi connectivity index (χ4n) is 3.78. The molecule has 0 radical (unpaired) electrons. The zero-order chi connectivity index (χ0) is 21.3. The van der Waals surface area contributed by atoms with Crippen molar-refractivity contribution in [3.05, 3.63) is 86.2 Å². The van der Waals surface area contributed by atoms with Crippen LogP contribution in [0.25, 0.3) is 0 Å². The van der Waals surface area contributed by atoms with Crippen LogP contribution < -0.4 is 11.1 Å². The quantitative estimate of drug-likeness (QED) is 0.609. The number of nitrogens with one attached hydrogen (secondary N) is 1. The monoisotopic (exact) mass is 439 g/mol. The van der Waals surface area contributed by atoms with Gasteiger partial charge in [0.1, 0.15) is 5.00 Å². The van der Waals surface area contributed by atoms with Gasteiger partial charge in [0.05, 0.1) is 16.1 Å². The van der Waals surface area contributed by atoms with E-state index in [1.54, 1.807) is 24.3 Å². The van der Waals surface area contributed by atoms with Crippen LogP contribution in [-0.2, 0) is 19.5 Å². The molecule has 5 nitrogen and oxygen atoms in total. The lowest BCUT2D eigenvalue weighted by Crippen LogP contribution is -2.30. The van der Waals surface area contributed by atoms with E-state index in [2.05, 4.69) is 35.3 Å². The predicted octanol–water partition coefficient (Wildman–Crippen LogP) is 4.62. The first kappa shape index (κ1) is 20.6. The molecule has 0 saturated heterocycles. The van der Waals surface area contributed by atoms with E-state index >= 15 is 0 Å². The summed E-state index contributed by atoms with van der Waals surface area (Å²) in [5.41, 5.74) is 9.97. The van der Waals surface area contributed by atoms with Crippen molar-refractivity contribution in [1.29, 1.82) is 0 Å². The number of rotatable bonds is 5. The highest BCUT2D eigenvalue weighted by Crippen LogP contribution is 2.37. The lowest BCUT2D eigenvalue weighted by Gasteiger charge is -2.27. The third-order valence-corrected chi connectivity index (χ3v) is 6.84. The van der Waals surface area contributed by atoms with Crippen molar-refractivity contribution >= 4 is 39.8 Å². The predicted molar refractivity (Wildman–Crippen MR) is 121 cm³/mol. The van der Waals surface area contributed by atoms with E-state index in [4.69, 9.17) is 17.3 Å². The second kappa shape index (κ2) is 8.60. The average molecular weight is 440 g/mol. The van der Waals surface area contributed by atoms with E-state index in [9.17, 15) is 9.59 Å². The summed E-state index contributed by atoms with van der Waals surface area (Å²) in [5, 5.41) is 3.71. The molecule has 0 saturated carbocycles. The topological polar surface area (TPSA) is 75.4 Å². The second-order valence-electron chi connectivity index (χ2n) is 7.39. The van der Waals surface area contributed by atoms with Gasteiger partial charge in [-0.2, -0.15) is 0 Å². The van der Waals surface area contributed by atoms with Crippen LogP contribution >= 0.6 is 22.9 Å². The molecular formula is C23H22ClN3O2S. The van der Waals surface area contributed by atoms with Crippen LogP contribution in [0.3, 0.4) is 0 Å². The summed E-state index contributed by atoms with van der Waals surface area (Å²) in [6.07, 6.45) is 0.720. The molecule has 0 aliphatic carbocycles. The Morgan fingerprint density at radius 2 is 1.90 bits per heavy atom. The molecule has 2 aromatic carbocycles. The molecule has 4 rings (SSSR count). The van der Waals surface area contributed by atoms with Gasteiger partial charge in [-0.3, -0.25) is 14.5 Å². The van der Waals surface area contributed by atoms with Crippen molar-refractivity contribution in [3.63, 3.8) is 0 Å². The van der Waals surface area contributed by atoms with Gasteiger partial charge in [-0.15, -0.1) is 11.3 Å². The fraction of sp³-hybridized carbons (Fsp3) is 0.217. The van der Waals surface area contributed by atoms with Crippen LogP contribution in [0, 0.1) is 6.92 Å². The third kappa shape index (κ3) is 4.12. The number of fused-ring (bicyclic) bond motifs is 1. The molecule has 1 aromatic heterocycles. The number of benzene rings is 2. The van der Waals surface area contributed by atoms with Crippen molar-refractivity contribution in [2.24, 2.45) is 5.73 Å². The maximum Gasteiger partial charge on any atom is 0.257 e. The highest BCUT2D eigenvalue weighted by atomic mass is 35.5. The van der Waals surface area contributed by atoms with E-state index < -0.39 is 5.91 Å². The number of thiophene rings is 1. The number of halogens is 1. The molecule has 0 spiro atoms. The van der Waals surface area contributed by atoms with E-state index in [0.717, 1.165) is 36.5 Å². The molecule has 0 unspecified atom stereocenters. The number of hydrogen-bond donors (Lipinski definition) is 2. The zero-order valence-electron chi connectivity index (χ0n) is 16.6. The Morgan fingerprint density at radius 1 is 1.17 bits per heavy atom. The van der Waals surface area contributed by atoms with Gasteiger partial charge in [-0.1, -0.05) is 48.0 Å². The van der Waals surface area contributed by atoms with Crippen LogP contribution in [-0.4, -0.2) is 23.3 Å². The molecule has 0 atom stereocenters. The standard InChI is InChI=1S/C23H22ClN3O2S/c1-14-6-2-3-7-15(14)12-27-11-10-17-19(13-27)30-23(20(17)21(25)28)26-22(29)16-8-4-5-9-18(16)24/h2-9H,10-13H2,1H3,(H2,25,28)(H,26,29). The fourth-order valence-corrected chi connectivity index (χ4v) is 5.30. The molecule has 154 valence electrons. The number of anilines is 1. The van der Waals surface area contributed by atoms with Crippen LogP contribution in [0.4, 0.5) is 5.00 Å². The first-order chi connectivity index (χ1) is 14.4. The molecule has 3 aromatic rings. The van der Waals surface area contributed by atoms with Crippen LogP contribution in [0.2, 0.25) is 5.02 Å². The van der Waals surface area contributed by atoms with Gasteiger partial charge in [-0.05, 0) is 42.2 Å². The van der Waals surface area contributed by atoms with Gasteiger partial charge in [-0.25, -0.2) is 0 Å². The van der Waals surface area contributed by atoms with Crippen LogP contribution in [0.5, 0.6) is 0 Å². The molecule has 7 heteroatoms. The summed E-state index contributed by atoms with van der Waals surface area (Å²) in [7, 11) is 0. The summed E-state index contributed by atoms with van der Waals surface area (Å²) in [6.45, 7) is 4.51. The highest BCUT2D eigenvalue weighted by Gasteiger charge is 2.28. The normalized spacial score (nSPS) is 13.7. The Bertz CT molecular complexity index is 1130. The summed E-state index contributed by atoms with van der Waals surface area (Å²) in [5.74, 6) is -0.868. The summed E-state index contributed by atoms with van der Waals surface area (Å²) < 4.78 is 0. The van der Waals surface area contributed by atoms with E-state index in [1.807, 2.05) is 6.07 Å². The van der Waals surface area contributed by atoms with E-state index in [1.165, 1.54) is 22.5 Å². The van der Waals surface area contributed by atoms with Crippen LogP contribution in [0.15, 0.2) is 48.5 Å². The van der Waals surface area contributed by atoms with Gasteiger partial charge >= 0.3 is 0 Å². The summed E-state index contributed by atoms with van der Waals surface area (Å²) in [4.78, 5) is 28.3. The Labute approximate surface area is 184 Å².